The number of anilines is 1. The molecule has 2 N–H and O–H groups in total. The van der Waals surface area contributed by atoms with E-state index in [0.717, 1.165) is 15.7 Å². The first kappa shape index (κ1) is 9.89. The Morgan fingerprint density at radius 1 is 1.50 bits per heavy atom. The number of aromatic nitrogens is 1. The van der Waals surface area contributed by atoms with Gasteiger partial charge in [-0.3, -0.25) is 0 Å². The van der Waals surface area contributed by atoms with Gasteiger partial charge in [0.15, 0.2) is 5.13 Å². The molecule has 0 unspecified atom stereocenters. The van der Waals surface area contributed by atoms with Crippen LogP contribution in [0.25, 0.3) is 0 Å². The van der Waals surface area contributed by atoms with Crippen LogP contribution in [0.2, 0.25) is 0 Å². The summed E-state index contributed by atoms with van der Waals surface area (Å²) in [5, 5.41) is 14.2. The Kier molecular flexibility index (Phi) is 2.25. The molecule has 0 saturated carbocycles. The van der Waals surface area contributed by atoms with E-state index in [2.05, 4.69) is 10.3 Å². The SMILES string of the molecule is Cc1nc(N(C)C)sc1C1(O)CNC1. The van der Waals surface area contributed by atoms with E-state index in [1.807, 2.05) is 25.9 Å². The van der Waals surface area contributed by atoms with Gasteiger partial charge in [0.05, 0.1) is 10.6 Å². The smallest absolute Gasteiger partial charge is 0.185 e. The summed E-state index contributed by atoms with van der Waals surface area (Å²) in [6.45, 7) is 3.24. The van der Waals surface area contributed by atoms with Gasteiger partial charge in [-0.1, -0.05) is 11.3 Å². The van der Waals surface area contributed by atoms with Crippen molar-refractivity contribution >= 4 is 16.5 Å². The Morgan fingerprint density at radius 2 is 2.14 bits per heavy atom. The number of aryl methyl sites for hydroxylation is 1. The number of β-amino-alcohol motifs (C(OH)–C–C–N with tert-alkyl or cyclic N) is 1. The van der Waals surface area contributed by atoms with E-state index in [1.165, 1.54) is 0 Å². The molecule has 0 atom stereocenters. The summed E-state index contributed by atoms with van der Waals surface area (Å²) in [5.74, 6) is 0. The van der Waals surface area contributed by atoms with Gasteiger partial charge in [0, 0.05) is 27.2 Å². The molecule has 2 heterocycles. The third-order valence-electron chi connectivity index (χ3n) is 2.43. The molecule has 4 nitrogen and oxygen atoms in total. The lowest BCUT2D eigenvalue weighted by molar-refractivity contribution is -0.0119. The molecular formula is C9H15N3OS. The topological polar surface area (TPSA) is 48.4 Å². The maximum absolute atomic E-state index is 10.1. The monoisotopic (exact) mass is 213 g/mol. The van der Waals surface area contributed by atoms with Gasteiger partial charge >= 0.3 is 0 Å². The number of nitrogens with zero attached hydrogens (tertiary/aromatic N) is 2. The van der Waals surface area contributed by atoms with E-state index in [0.29, 0.717) is 13.1 Å². The quantitative estimate of drug-likeness (QED) is 0.742. The summed E-state index contributed by atoms with van der Waals surface area (Å²) in [6, 6.07) is 0. The van der Waals surface area contributed by atoms with E-state index in [4.69, 9.17) is 0 Å². The second-order valence-corrected chi connectivity index (χ2v) is 4.92. The lowest BCUT2D eigenvalue weighted by atomic mass is 9.94. The maximum atomic E-state index is 10.1. The molecule has 1 aromatic heterocycles. The molecule has 0 aliphatic carbocycles. The van der Waals surface area contributed by atoms with Crippen LogP contribution in [0.15, 0.2) is 0 Å². The predicted octanol–water partition coefficient (Wildman–Crippen LogP) is 0.308. The van der Waals surface area contributed by atoms with Crippen molar-refractivity contribution in [2.75, 3.05) is 32.1 Å². The lowest BCUT2D eigenvalue weighted by Gasteiger charge is -2.36. The molecule has 14 heavy (non-hydrogen) atoms. The zero-order chi connectivity index (χ0) is 10.3. The molecule has 78 valence electrons. The molecule has 1 aliphatic rings. The van der Waals surface area contributed by atoms with E-state index < -0.39 is 5.60 Å². The van der Waals surface area contributed by atoms with Gasteiger partial charge in [0.25, 0.3) is 0 Å². The number of aliphatic hydroxyl groups is 1. The zero-order valence-corrected chi connectivity index (χ0v) is 9.48. The summed E-state index contributed by atoms with van der Waals surface area (Å²) in [7, 11) is 3.93. The Labute approximate surface area is 87.6 Å². The number of nitrogens with one attached hydrogen (secondary N) is 1. The van der Waals surface area contributed by atoms with E-state index in [-0.39, 0.29) is 0 Å². The predicted molar refractivity (Wildman–Crippen MR) is 57.9 cm³/mol. The Balaban J connectivity index is 2.34. The second-order valence-electron chi connectivity index (χ2n) is 3.94. The summed E-state index contributed by atoms with van der Waals surface area (Å²) in [6.07, 6.45) is 0. The minimum absolute atomic E-state index is 0.642. The minimum Gasteiger partial charge on any atom is -0.382 e. The van der Waals surface area contributed by atoms with E-state index in [9.17, 15) is 5.11 Å². The number of rotatable bonds is 2. The molecule has 0 bridgehead atoms. The number of thiazole rings is 1. The highest BCUT2D eigenvalue weighted by molar-refractivity contribution is 7.15. The zero-order valence-electron chi connectivity index (χ0n) is 8.66. The molecule has 1 aliphatic heterocycles. The van der Waals surface area contributed by atoms with Crippen LogP contribution in [-0.2, 0) is 5.60 Å². The van der Waals surface area contributed by atoms with Crippen molar-refractivity contribution in [3.05, 3.63) is 10.6 Å². The molecule has 0 aromatic carbocycles. The molecule has 2 rings (SSSR count). The normalized spacial score (nSPS) is 19.1. The minimum atomic E-state index is -0.671. The van der Waals surface area contributed by atoms with Crippen LogP contribution in [0.3, 0.4) is 0 Å². The molecule has 0 radical (unpaired) electrons. The fourth-order valence-corrected chi connectivity index (χ4v) is 2.60. The molecule has 0 spiro atoms. The fourth-order valence-electron chi connectivity index (χ4n) is 1.53. The first-order chi connectivity index (χ1) is 6.53. The number of hydrogen-bond acceptors (Lipinski definition) is 5. The molecule has 1 aromatic rings. The van der Waals surface area contributed by atoms with Crippen LogP contribution in [0.1, 0.15) is 10.6 Å². The largest absolute Gasteiger partial charge is 0.382 e. The molecule has 5 heteroatoms. The summed E-state index contributed by atoms with van der Waals surface area (Å²) >= 11 is 1.58. The molecule has 0 amide bonds. The first-order valence-corrected chi connectivity index (χ1v) is 5.43. The average molecular weight is 213 g/mol. The second kappa shape index (κ2) is 3.18. The van der Waals surface area contributed by atoms with Crippen LogP contribution >= 0.6 is 11.3 Å². The average Bonchev–Trinajstić information content (AvgIpc) is 2.43. The lowest BCUT2D eigenvalue weighted by Crippen LogP contribution is -2.56. The van der Waals surface area contributed by atoms with Gasteiger partial charge in [-0.05, 0) is 6.92 Å². The van der Waals surface area contributed by atoms with Gasteiger partial charge in [0.2, 0.25) is 0 Å². The fraction of sp³-hybridized carbons (Fsp3) is 0.667. The van der Waals surface area contributed by atoms with Crippen molar-refractivity contribution in [2.45, 2.75) is 12.5 Å². The van der Waals surface area contributed by atoms with Crippen LogP contribution < -0.4 is 10.2 Å². The van der Waals surface area contributed by atoms with Crippen LogP contribution in [0.5, 0.6) is 0 Å². The maximum Gasteiger partial charge on any atom is 0.185 e. The van der Waals surface area contributed by atoms with Crippen molar-refractivity contribution in [2.24, 2.45) is 0 Å². The van der Waals surface area contributed by atoms with E-state index >= 15 is 0 Å². The van der Waals surface area contributed by atoms with Crippen molar-refractivity contribution in [1.82, 2.24) is 10.3 Å². The Hall–Kier alpha value is -0.650. The van der Waals surface area contributed by atoms with Gasteiger partial charge in [-0.15, -0.1) is 0 Å². The van der Waals surface area contributed by atoms with Gasteiger partial charge in [-0.25, -0.2) is 4.98 Å². The van der Waals surface area contributed by atoms with Gasteiger partial charge < -0.3 is 15.3 Å². The highest BCUT2D eigenvalue weighted by atomic mass is 32.1. The Bertz CT molecular complexity index is 344. The Morgan fingerprint density at radius 3 is 2.50 bits per heavy atom. The van der Waals surface area contributed by atoms with Crippen LogP contribution in [-0.4, -0.2) is 37.3 Å². The van der Waals surface area contributed by atoms with E-state index in [1.54, 1.807) is 11.3 Å². The molecular weight excluding hydrogens is 198 g/mol. The van der Waals surface area contributed by atoms with Crippen molar-refractivity contribution in [3.8, 4) is 0 Å². The highest BCUT2D eigenvalue weighted by Crippen LogP contribution is 2.35. The molecule has 1 saturated heterocycles. The van der Waals surface area contributed by atoms with Gasteiger partial charge in [0.1, 0.15) is 5.60 Å². The third-order valence-corrected chi connectivity index (χ3v) is 3.94. The van der Waals surface area contributed by atoms with Gasteiger partial charge in [-0.2, -0.15) is 0 Å². The van der Waals surface area contributed by atoms with Crippen LogP contribution in [0, 0.1) is 6.92 Å². The third kappa shape index (κ3) is 1.41. The number of hydrogen-bond donors (Lipinski definition) is 2. The first-order valence-electron chi connectivity index (χ1n) is 4.61. The summed E-state index contributed by atoms with van der Waals surface area (Å²) < 4.78 is 0. The highest BCUT2D eigenvalue weighted by Gasteiger charge is 2.39. The summed E-state index contributed by atoms with van der Waals surface area (Å²) in [4.78, 5) is 7.38. The summed E-state index contributed by atoms with van der Waals surface area (Å²) in [5.41, 5.74) is 0.276. The van der Waals surface area contributed by atoms with Crippen molar-refractivity contribution in [1.29, 1.82) is 0 Å². The van der Waals surface area contributed by atoms with Crippen molar-refractivity contribution < 1.29 is 5.11 Å². The molecule has 1 fully saturated rings. The standard InChI is InChI=1S/C9H15N3OS/c1-6-7(9(13)4-10-5-9)14-8(11-6)12(2)3/h10,13H,4-5H2,1-3H3. The van der Waals surface area contributed by atoms with Crippen LogP contribution in [0.4, 0.5) is 5.13 Å². The van der Waals surface area contributed by atoms with Crippen molar-refractivity contribution in [3.63, 3.8) is 0 Å².